The zero-order valence-electron chi connectivity index (χ0n) is 14.9. The van der Waals surface area contributed by atoms with E-state index in [0.717, 1.165) is 17.4 Å². The maximum absolute atomic E-state index is 12.5. The lowest BCUT2D eigenvalue weighted by Crippen LogP contribution is -2.50. The summed E-state index contributed by atoms with van der Waals surface area (Å²) in [6.45, 7) is 4.11. The van der Waals surface area contributed by atoms with E-state index in [4.69, 9.17) is 11.6 Å². The second kappa shape index (κ2) is 9.48. The Labute approximate surface area is 165 Å². The minimum atomic E-state index is -0.743. The highest BCUT2D eigenvalue weighted by atomic mass is 35.5. The summed E-state index contributed by atoms with van der Waals surface area (Å²) in [6, 6.07) is 6.80. The summed E-state index contributed by atoms with van der Waals surface area (Å²) in [5.41, 5.74) is -0.123. The molecule has 0 aliphatic carbocycles. The van der Waals surface area contributed by atoms with E-state index in [1.807, 2.05) is 31.4 Å². The van der Waals surface area contributed by atoms with Gasteiger partial charge in [0.05, 0.1) is 15.5 Å². The van der Waals surface area contributed by atoms with Crippen molar-refractivity contribution in [3.05, 3.63) is 61.3 Å². The van der Waals surface area contributed by atoms with Gasteiger partial charge in [0.15, 0.2) is 0 Å². The van der Waals surface area contributed by atoms with Gasteiger partial charge >= 0.3 is 0 Å². The number of nitro benzene ring substituents is 1. The van der Waals surface area contributed by atoms with Crippen LogP contribution in [0.25, 0.3) is 0 Å². The van der Waals surface area contributed by atoms with Gasteiger partial charge in [-0.05, 0) is 29.9 Å². The van der Waals surface area contributed by atoms with Crippen LogP contribution >= 0.6 is 22.9 Å². The number of carbonyl (C=O) groups is 2. The highest BCUT2D eigenvalue weighted by molar-refractivity contribution is 7.09. The fourth-order valence-corrected chi connectivity index (χ4v) is 3.40. The van der Waals surface area contributed by atoms with Crippen LogP contribution in [-0.4, -0.2) is 29.3 Å². The van der Waals surface area contributed by atoms with Crippen LogP contribution in [0.1, 0.15) is 29.1 Å². The van der Waals surface area contributed by atoms with E-state index in [2.05, 4.69) is 10.6 Å². The number of hydrogen-bond donors (Lipinski definition) is 2. The van der Waals surface area contributed by atoms with E-state index in [-0.39, 0.29) is 28.1 Å². The summed E-state index contributed by atoms with van der Waals surface area (Å²) >= 11 is 7.61. The largest absolute Gasteiger partial charge is 0.354 e. The smallest absolute Gasteiger partial charge is 0.270 e. The predicted molar refractivity (Wildman–Crippen MR) is 105 cm³/mol. The van der Waals surface area contributed by atoms with Crippen molar-refractivity contribution in [1.82, 2.24) is 10.6 Å². The van der Waals surface area contributed by atoms with Gasteiger partial charge in [-0.25, -0.2) is 0 Å². The van der Waals surface area contributed by atoms with Gasteiger partial charge in [-0.15, -0.1) is 11.3 Å². The number of nitro groups is 1. The SMILES string of the molecule is CC(C)C(NC(=O)c1ccc([N+](=O)[O-])cc1Cl)C(=O)NCCc1cccs1. The first-order valence-corrected chi connectivity index (χ1v) is 9.60. The molecule has 7 nitrogen and oxygen atoms in total. The summed E-state index contributed by atoms with van der Waals surface area (Å²) in [6.07, 6.45) is 0.719. The van der Waals surface area contributed by atoms with Gasteiger partial charge in [-0.2, -0.15) is 0 Å². The van der Waals surface area contributed by atoms with Crippen molar-refractivity contribution in [2.24, 2.45) is 5.92 Å². The molecule has 0 bridgehead atoms. The van der Waals surface area contributed by atoms with Gasteiger partial charge in [0.2, 0.25) is 5.91 Å². The van der Waals surface area contributed by atoms with Crippen molar-refractivity contribution in [3.63, 3.8) is 0 Å². The second-order valence-electron chi connectivity index (χ2n) is 6.24. The van der Waals surface area contributed by atoms with Gasteiger partial charge in [-0.1, -0.05) is 31.5 Å². The fourth-order valence-electron chi connectivity index (χ4n) is 2.43. The molecule has 1 aromatic heterocycles. The molecule has 27 heavy (non-hydrogen) atoms. The van der Waals surface area contributed by atoms with Crippen molar-refractivity contribution < 1.29 is 14.5 Å². The number of halogens is 1. The average molecular weight is 410 g/mol. The lowest BCUT2D eigenvalue weighted by atomic mass is 10.0. The molecule has 1 unspecified atom stereocenters. The molecule has 144 valence electrons. The number of non-ortho nitro benzene ring substituents is 1. The zero-order valence-corrected chi connectivity index (χ0v) is 16.5. The summed E-state index contributed by atoms with van der Waals surface area (Å²) in [5.74, 6) is -0.984. The van der Waals surface area contributed by atoms with Crippen LogP contribution < -0.4 is 10.6 Å². The maximum Gasteiger partial charge on any atom is 0.270 e. The monoisotopic (exact) mass is 409 g/mol. The molecule has 1 atom stereocenters. The van der Waals surface area contributed by atoms with Crippen molar-refractivity contribution in [2.45, 2.75) is 26.3 Å². The van der Waals surface area contributed by atoms with Crippen LogP contribution in [0, 0.1) is 16.0 Å². The molecule has 2 amide bonds. The third-order valence-electron chi connectivity index (χ3n) is 3.89. The number of thiophene rings is 1. The first-order chi connectivity index (χ1) is 12.8. The van der Waals surface area contributed by atoms with Gasteiger partial charge in [0, 0.05) is 23.6 Å². The molecule has 0 aliphatic rings. The summed E-state index contributed by atoms with van der Waals surface area (Å²) in [7, 11) is 0. The second-order valence-corrected chi connectivity index (χ2v) is 7.68. The van der Waals surface area contributed by atoms with E-state index in [9.17, 15) is 19.7 Å². The normalized spacial score (nSPS) is 11.9. The van der Waals surface area contributed by atoms with E-state index in [1.54, 1.807) is 11.3 Å². The molecule has 0 spiro atoms. The van der Waals surface area contributed by atoms with E-state index < -0.39 is 16.9 Å². The van der Waals surface area contributed by atoms with Gasteiger partial charge in [0.1, 0.15) is 6.04 Å². The van der Waals surface area contributed by atoms with E-state index >= 15 is 0 Å². The van der Waals surface area contributed by atoms with Crippen LogP contribution in [0.15, 0.2) is 35.7 Å². The van der Waals surface area contributed by atoms with Crippen molar-refractivity contribution in [3.8, 4) is 0 Å². The molecule has 0 fully saturated rings. The van der Waals surface area contributed by atoms with Crippen molar-refractivity contribution >= 4 is 40.4 Å². The summed E-state index contributed by atoms with van der Waals surface area (Å²) in [4.78, 5) is 36.3. The lowest BCUT2D eigenvalue weighted by molar-refractivity contribution is -0.384. The van der Waals surface area contributed by atoms with Crippen LogP contribution in [0.4, 0.5) is 5.69 Å². The number of nitrogens with one attached hydrogen (secondary N) is 2. The van der Waals surface area contributed by atoms with Crippen LogP contribution in [-0.2, 0) is 11.2 Å². The molecule has 0 saturated carbocycles. The third kappa shape index (κ3) is 5.77. The number of benzene rings is 1. The zero-order chi connectivity index (χ0) is 20.0. The molecule has 2 aromatic rings. The molecule has 1 aromatic carbocycles. The highest BCUT2D eigenvalue weighted by Crippen LogP contribution is 2.22. The third-order valence-corrected chi connectivity index (χ3v) is 5.14. The lowest BCUT2D eigenvalue weighted by Gasteiger charge is -2.22. The van der Waals surface area contributed by atoms with Crippen molar-refractivity contribution in [1.29, 1.82) is 0 Å². The molecule has 9 heteroatoms. The van der Waals surface area contributed by atoms with Crippen molar-refractivity contribution in [2.75, 3.05) is 6.54 Å². The number of hydrogen-bond acceptors (Lipinski definition) is 5. The van der Waals surface area contributed by atoms with E-state index in [0.29, 0.717) is 6.54 Å². The quantitative estimate of drug-likeness (QED) is 0.515. The Morgan fingerprint density at radius 3 is 2.59 bits per heavy atom. The molecule has 0 aliphatic heterocycles. The minimum Gasteiger partial charge on any atom is -0.354 e. The van der Waals surface area contributed by atoms with Gasteiger partial charge in [0.25, 0.3) is 11.6 Å². The Kier molecular flexibility index (Phi) is 7.32. The predicted octanol–water partition coefficient (Wildman–Crippen LogP) is 3.42. The minimum absolute atomic E-state index is 0.0395. The Hall–Kier alpha value is -2.45. The van der Waals surface area contributed by atoms with Crippen LogP contribution in [0.5, 0.6) is 0 Å². The highest BCUT2D eigenvalue weighted by Gasteiger charge is 2.25. The summed E-state index contributed by atoms with van der Waals surface area (Å²) < 4.78 is 0. The molecule has 0 radical (unpaired) electrons. The van der Waals surface area contributed by atoms with E-state index in [1.165, 1.54) is 12.1 Å². The van der Waals surface area contributed by atoms with Crippen LogP contribution in [0.2, 0.25) is 5.02 Å². The maximum atomic E-state index is 12.5. The number of carbonyl (C=O) groups excluding carboxylic acids is 2. The molecule has 1 heterocycles. The first kappa shape index (κ1) is 20.9. The average Bonchev–Trinajstić information content (AvgIpc) is 3.12. The Balaban J connectivity index is 2.00. The van der Waals surface area contributed by atoms with Gasteiger partial charge in [-0.3, -0.25) is 19.7 Å². The van der Waals surface area contributed by atoms with Gasteiger partial charge < -0.3 is 10.6 Å². The van der Waals surface area contributed by atoms with Crippen LogP contribution in [0.3, 0.4) is 0 Å². The standard InChI is InChI=1S/C18H20ClN3O4S/c1-11(2)16(18(24)20-8-7-13-4-3-9-27-13)21-17(23)14-6-5-12(22(25)26)10-15(14)19/h3-6,9-11,16H,7-8H2,1-2H3,(H,20,24)(H,21,23). The first-order valence-electron chi connectivity index (χ1n) is 8.34. The summed E-state index contributed by atoms with van der Waals surface area (Å²) in [5, 5.41) is 18.2. The Morgan fingerprint density at radius 1 is 1.30 bits per heavy atom. The topological polar surface area (TPSA) is 101 Å². The fraction of sp³-hybridized carbons (Fsp3) is 0.333. The molecular weight excluding hydrogens is 390 g/mol. The Bertz CT molecular complexity index is 824. The molecule has 2 N–H and O–H groups in total. The molecular formula is C18H20ClN3O4S. The number of nitrogens with zero attached hydrogens (tertiary/aromatic N) is 1. The number of rotatable bonds is 8. The Morgan fingerprint density at radius 2 is 2.04 bits per heavy atom. The molecule has 2 rings (SSSR count). The number of amides is 2. The molecule has 0 saturated heterocycles.